The number of aryl methyl sites for hydroxylation is 1. The molecule has 0 bridgehead atoms. The fourth-order valence-electron chi connectivity index (χ4n) is 2.95. The van der Waals surface area contributed by atoms with Gasteiger partial charge in [0.05, 0.1) is 23.6 Å². The predicted molar refractivity (Wildman–Crippen MR) is 98.0 cm³/mol. The number of amides is 1. The summed E-state index contributed by atoms with van der Waals surface area (Å²) in [6, 6.07) is 6.94. The summed E-state index contributed by atoms with van der Waals surface area (Å²) in [7, 11) is 0. The van der Waals surface area contributed by atoms with Crippen molar-refractivity contribution in [3.8, 4) is 5.69 Å². The number of aromatic nitrogens is 3. The maximum Gasteiger partial charge on any atom is 0.361 e. The molecule has 1 aromatic heterocycles. The van der Waals surface area contributed by atoms with E-state index in [4.69, 9.17) is 21.1 Å². The summed E-state index contributed by atoms with van der Waals surface area (Å²) in [4.78, 5) is 27.6. The van der Waals surface area contributed by atoms with Crippen LogP contribution < -0.4 is 0 Å². The number of halogens is 1. The molecule has 3 rings (SSSR count). The number of hydrogen-bond acceptors (Lipinski definition) is 6. The van der Waals surface area contributed by atoms with E-state index in [0.717, 1.165) is 0 Å². The summed E-state index contributed by atoms with van der Waals surface area (Å²) in [5.74, 6) is -0.950. The van der Waals surface area contributed by atoms with Crippen LogP contribution in [0.5, 0.6) is 0 Å². The quantitative estimate of drug-likeness (QED) is 0.740. The van der Waals surface area contributed by atoms with Gasteiger partial charge < -0.3 is 14.4 Å². The molecule has 0 N–H and O–H groups in total. The summed E-state index contributed by atoms with van der Waals surface area (Å²) in [6.45, 7) is 6.06. The number of morpholine rings is 1. The third-order valence-electron chi connectivity index (χ3n) is 4.11. The molecule has 9 heteroatoms. The molecule has 0 radical (unpaired) electrons. The van der Waals surface area contributed by atoms with Crippen molar-refractivity contribution in [3.05, 3.63) is 40.7 Å². The van der Waals surface area contributed by atoms with Gasteiger partial charge in [-0.15, -0.1) is 5.10 Å². The lowest BCUT2D eigenvalue weighted by Crippen LogP contribution is -2.49. The van der Waals surface area contributed by atoms with Gasteiger partial charge in [0.15, 0.2) is 12.3 Å². The average Bonchev–Trinajstić information content (AvgIpc) is 3.00. The molecule has 144 valence electrons. The number of benzene rings is 1. The minimum Gasteiger partial charge on any atom is -0.451 e. The zero-order valence-corrected chi connectivity index (χ0v) is 16.1. The van der Waals surface area contributed by atoms with Crippen molar-refractivity contribution in [1.82, 2.24) is 19.9 Å². The van der Waals surface area contributed by atoms with Crippen molar-refractivity contribution in [2.75, 3.05) is 19.7 Å². The Bertz CT molecular complexity index is 844. The molecule has 2 aromatic rings. The second-order valence-electron chi connectivity index (χ2n) is 6.54. The third-order valence-corrected chi connectivity index (χ3v) is 4.35. The van der Waals surface area contributed by atoms with E-state index in [-0.39, 0.29) is 30.4 Å². The van der Waals surface area contributed by atoms with Gasteiger partial charge in [-0.25, -0.2) is 4.79 Å². The van der Waals surface area contributed by atoms with E-state index in [1.165, 1.54) is 4.80 Å². The molecule has 1 saturated heterocycles. The van der Waals surface area contributed by atoms with E-state index >= 15 is 0 Å². The standard InChI is InChI=1S/C18H21ClN4O4/c1-11-8-22(9-12(2)27-11)16(24)10-26-18(25)17-13(3)20-23(21-17)15-6-4-5-14(19)7-15/h4-7,11-12H,8-10H2,1-3H3/t11-,12-/m1/s1. The van der Waals surface area contributed by atoms with E-state index in [1.54, 1.807) is 36.1 Å². The Morgan fingerprint density at radius 2 is 1.96 bits per heavy atom. The molecule has 27 heavy (non-hydrogen) atoms. The molecule has 1 fully saturated rings. The van der Waals surface area contributed by atoms with Gasteiger partial charge in [0.2, 0.25) is 0 Å². The Kier molecular flexibility index (Phi) is 5.76. The number of ether oxygens (including phenoxy) is 2. The maximum atomic E-state index is 12.3. The topological polar surface area (TPSA) is 86.6 Å². The second kappa shape index (κ2) is 8.06. The van der Waals surface area contributed by atoms with E-state index in [1.807, 2.05) is 13.8 Å². The molecule has 1 aliphatic rings. The monoisotopic (exact) mass is 392 g/mol. The lowest BCUT2D eigenvalue weighted by Gasteiger charge is -2.35. The SMILES string of the molecule is Cc1nn(-c2cccc(Cl)c2)nc1C(=O)OCC(=O)N1C[C@@H](C)O[C@H](C)C1. The van der Waals surface area contributed by atoms with Gasteiger partial charge in [-0.1, -0.05) is 17.7 Å². The highest BCUT2D eigenvalue weighted by Crippen LogP contribution is 2.15. The van der Waals surface area contributed by atoms with Crippen LogP contribution in [-0.2, 0) is 14.3 Å². The summed E-state index contributed by atoms with van der Waals surface area (Å²) in [5, 5.41) is 8.91. The van der Waals surface area contributed by atoms with Gasteiger partial charge in [0, 0.05) is 18.1 Å². The van der Waals surface area contributed by atoms with Gasteiger partial charge in [-0.3, -0.25) is 4.79 Å². The van der Waals surface area contributed by atoms with Crippen LogP contribution in [0.4, 0.5) is 0 Å². The fourth-order valence-corrected chi connectivity index (χ4v) is 3.14. The first kappa shape index (κ1) is 19.3. The molecular formula is C18H21ClN4O4. The van der Waals surface area contributed by atoms with Crippen LogP contribution in [-0.4, -0.2) is 63.7 Å². The Morgan fingerprint density at radius 1 is 1.26 bits per heavy atom. The van der Waals surface area contributed by atoms with Crippen molar-refractivity contribution < 1.29 is 19.1 Å². The summed E-state index contributed by atoms with van der Waals surface area (Å²) in [5.41, 5.74) is 1.09. The first-order chi connectivity index (χ1) is 12.8. The number of hydrogen-bond donors (Lipinski definition) is 0. The van der Waals surface area contributed by atoms with Crippen molar-refractivity contribution in [2.24, 2.45) is 0 Å². The van der Waals surface area contributed by atoms with Gasteiger partial charge in [0.1, 0.15) is 0 Å². The predicted octanol–water partition coefficient (Wildman–Crippen LogP) is 2.02. The van der Waals surface area contributed by atoms with Gasteiger partial charge >= 0.3 is 5.97 Å². The number of esters is 1. The Morgan fingerprint density at radius 3 is 2.63 bits per heavy atom. The van der Waals surface area contributed by atoms with Crippen molar-refractivity contribution in [2.45, 2.75) is 33.0 Å². The lowest BCUT2D eigenvalue weighted by molar-refractivity contribution is -0.146. The number of nitrogens with zero attached hydrogens (tertiary/aromatic N) is 4. The van der Waals surface area contributed by atoms with E-state index in [2.05, 4.69) is 10.2 Å². The van der Waals surface area contributed by atoms with Crippen LogP contribution in [0.15, 0.2) is 24.3 Å². The molecule has 0 spiro atoms. The van der Waals surface area contributed by atoms with Crippen molar-refractivity contribution in [3.63, 3.8) is 0 Å². The molecule has 2 heterocycles. The van der Waals surface area contributed by atoms with Gasteiger partial charge in [-0.2, -0.15) is 9.90 Å². The number of carbonyl (C=O) groups excluding carboxylic acids is 2. The van der Waals surface area contributed by atoms with Crippen molar-refractivity contribution in [1.29, 1.82) is 0 Å². The van der Waals surface area contributed by atoms with E-state index in [0.29, 0.717) is 29.5 Å². The normalized spacial score (nSPS) is 19.8. The van der Waals surface area contributed by atoms with Crippen LogP contribution >= 0.6 is 11.6 Å². The largest absolute Gasteiger partial charge is 0.451 e. The van der Waals surface area contributed by atoms with Crippen LogP contribution in [0.2, 0.25) is 5.02 Å². The Balaban J connectivity index is 1.64. The minimum atomic E-state index is -0.691. The molecule has 8 nitrogen and oxygen atoms in total. The van der Waals surface area contributed by atoms with Crippen LogP contribution in [0, 0.1) is 6.92 Å². The maximum absolute atomic E-state index is 12.3. The average molecular weight is 393 g/mol. The number of rotatable bonds is 4. The molecule has 2 atom stereocenters. The molecule has 0 unspecified atom stereocenters. The van der Waals surface area contributed by atoms with E-state index in [9.17, 15) is 9.59 Å². The van der Waals surface area contributed by atoms with Gasteiger partial charge in [-0.05, 0) is 39.0 Å². The first-order valence-electron chi connectivity index (χ1n) is 8.63. The molecule has 0 saturated carbocycles. The molecule has 0 aliphatic carbocycles. The zero-order chi connectivity index (χ0) is 19.6. The highest BCUT2D eigenvalue weighted by Gasteiger charge is 2.27. The zero-order valence-electron chi connectivity index (χ0n) is 15.4. The Hall–Kier alpha value is -2.45. The fraction of sp³-hybridized carbons (Fsp3) is 0.444. The summed E-state index contributed by atoms with van der Waals surface area (Å²) < 4.78 is 10.8. The van der Waals surface area contributed by atoms with Crippen LogP contribution in [0.25, 0.3) is 5.69 Å². The number of carbonyl (C=O) groups is 2. The molecule has 1 amide bonds. The summed E-state index contributed by atoms with van der Waals surface area (Å²) in [6.07, 6.45) is -0.0958. The second-order valence-corrected chi connectivity index (χ2v) is 6.97. The molecule has 1 aliphatic heterocycles. The Labute approximate surface area is 162 Å². The highest BCUT2D eigenvalue weighted by atomic mass is 35.5. The highest BCUT2D eigenvalue weighted by molar-refractivity contribution is 6.30. The minimum absolute atomic E-state index is 0.0479. The summed E-state index contributed by atoms with van der Waals surface area (Å²) >= 11 is 5.97. The molecular weight excluding hydrogens is 372 g/mol. The van der Waals surface area contributed by atoms with E-state index < -0.39 is 5.97 Å². The van der Waals surface area contributed by atoms with Crippen molar-refractivity contribution >= 4 is 23.5 Å². The smallest absolute Gasteiger partial charge is 0.361 e. The first-order valence-corrected chi connectivity index (χ1v) is 9.01. The van der Waals surface area contributed by atoms with Gasteiger partial charge in [0.25, 0.3) is 5.91 Å². The lowest BCUT2D eigenvalue weighted by atomic mass is 10.2. The van der Waals surface area contributed by atoms with Crippen LogP contribution in [0.1, 0.15) is 30.0 Å². The molecule has 1 aromatic carbocycles. The third kappa shape index (κ3) is 4.64. The van der Waals surface area contributed by atoms with Crippen LogP contribution in [0.3, 0.4) is 0 Å².